The SMILES string of the molecule is CCOc1ccc(N2C(=O)C(Cl)C2c2ccccc2)cc1. The van der Waals surface area contributed by atoms with Crippen LogP contribution in [0.2, 0.25) is 0 Å². The number of carbonyl (C=O) groups excluding carboxylic acids is 1. The third-order valence-corrected chi connectivity index (χ3v) is 4.02. The van der Waals surface area contributed by atoms with E-state index in [0.717, 1.165) is 17.0 Å². The van der Waals surface area contributed by atoms with Gasteiger partial charge in [0, 0.05) is 5.69 Å². The highest BCUT2D eigenvalue weighted by Gasteiger charge is 2.47. The van der Waals surface area contributed by atoms with Crippen LogP contribution in [0.4, 0.5) is 5.69 Å². The summed E-state index contributed by atoms with van der Waals surface area (Å²) in [4.78, 5) is 13.9. The molecule has 1 heterocycles. The van der Waals surface area contributed by atoms with Crippen LogP contribution in [-0.4, -0.2) is 17.9 Å². The van der Waals surface area contributed by atoms with Crippen molar-refractivity contribution in [2.45, 2.75) is 18.3 Å². The topological polar surface area (TPSA) is 29.5 Å². The number of hydrogen-bond donors (Lipinski definition) is 0. The molecule has 0 aromatic heterocycles. The van der Waals surface area contributed by atoms with Crippen LogP contribution < -0.4 is 9.64 Å². The first-order chi connectivity index (χ1) is 10.2. The van der Waals surface area contributed by atoms with E-state index in [1.54, 1.807) is 4.90 Å². The highest BCUT2D eigenvalue weighted by molar-refractivity contribution is 6.37. The first-order valence-electron chi connectivity index (χ1n) is 6.97. The number of anilines is 1. The fourth-order valence-corrected chi connectivity index (χ4v) is 2.94. The Kier molecular flexibility index (Phi) is 3.84. The Labute approximate surface area is 129 Å². The average molecular weight is 302 g/mol. The van der Waals surface area contributed by atoms with Crippen LogP contribution in [0.25, 0.3) is 0 Å². The highest BCUT2D eigenvalue weighted by atomic mass is 35.5. The van der Waals surface area contributed by atoms with Gasteiger partial charge in [0.1, 0.15) is 11.1 Å². The molecule has 21 heavy (non-hydrogen) atoms. The summed E-state index contributed by atoms with van der Waals surface area (Å²) in [5, 5.41) is -0.501. The Balaban J connectivity index is 1.87. The molecule has 1 fully saturated rings. The molecule has 1 aliphatic rings. The summed E-state index contributed by atoms with van der Waals surface area (Å²) < 4.78 is 5.42. The minimum Gasteiger partial charge on any atom is -0.494 e. The molecule has 1 aliphatic heterocycles. The number of ether oxygens (including phenoxy) is 1. The second-order valence-corrected chi connectivity index (χ2v) is 5.36. The molecule has 3 rings (SSSR count). The van der Waals surface area contributed by atoms with Gasteiger partial charge in [-0.1, -0.05) is 30.3 Å². The van der Waals surface area contributed by atoms with E-state index in [9.17, 15) is 4.79 Å². The zero-order valence-electron chi connectivity index (χ0n) is 11.7. The molecule has 108 valence electrons. The van der Waals surface area contributed by atoms with Crippen molar-refractivity contribution < 1.29 is 9.53 Å². The average Bonchev–Trinajstić information content (AvgIpc) is 2.54. The van der Waals surface area contributed by atoms with E-state index in [0.29, 0.717) is 6.61 Å². The van der Waals surface area contributed by atoms with Gasteiger partial charge in [-0.3, -0.25) is 4.79 Å². The Morgan fingerprint density at radius 3 is 2.38 bits per heavy atom. The molecule has 2 aromatic carbocycles. The van der Waals surface area contributed by atoms with Crippen molar-refractivity contribution >= 4 is 23.2 Å². The molecule has 0 bridgehead atoms. The number of rotatable bonds is 4. The molecule has 0 aliphatic carbocycles. The van der Waals surface area contributed by atoms with Gasteiger partial charge in [-0.2, -0.15) is 0 Å². The van der Waals surface area contributed by atoms with Gasteiger partial charge in [-0.15, -0.1) is 11.6 Å². The predicted octanol–water partition coefficient (Wildman–Crippen LogP) is 3.78. The first kappa shape index (κ1) is 14.0. The third-order valence-electron chi connectivity index (χ3n) is 3.60. The molecule has 0 spiro atoms. The second-order valence-electron chi connectivity index (χ2n) is 4.89. The van der Waals surface area contributed by atoms with Crippen molar-refractivity contribution in [1.82, 2.24) is 0 Å². The van der Waals surface area contributed by atoms with Gasteiger partial charge in [0.25, 0.3) is 0 Å². The van der Waals surface area contributed by atoms with Gasteiger partial charge in [-0.05, 0) is 36.8 Å². The molecule has 4 heteroatoms. The van der Waals surface area contributed by atoms with Gasteiger partial charge in [0.15, 0.2) is 0 Å². The van der Waals surface area contributed by atoms with E-state index >= 15 is 0 Å². The number of halogens is 1. The predicted molar refractivity (Wildman–Crippen MR) is 83.9 cm³/mol. The molecule has 3 nitrogen and oxygen atoms in total. The number of amides is 1. The minimum atomic E-state index is -0.501. The Morgan fingerprint density at radius 2 is 1.76 bits per heavy atom. The zero-order chi connectivity index (χ0) is 14.8. The molecule has 2 aromatic rings. The summed E-state index contributed by atoms with van der Waals surface area (Å²) in [5.41, 5.74) is 1.89. The van der Waals surface area contributed by atoms with E-state index in [1.165, 1.54) is 0 Å². The summed E-state index contributed by atoms with van der Waals surface area (Å²) in [6.45, 7) is 2.56. The summed E-state index contributed by atoms with van der Waals surface area (Å²) in [6, 6.07) is 17.3. The molecule has 2 unspecified atom stereocenters. The zero-order valence-corrected chi connectivity index (χ0v) is 12.5. The number of nitrogens with zero attached hydrogens (tertiary/aromatic N) is 1. The van der Waals surface area contributed by atoms with Crippen molar-refractivity contribution in [2.75, 3.05) is 11.5 Å². The number of hydrogen-bond acceptors (Lipinski definition) is 2. The second kappa shape index (κ2) is 5.78. The number of carbonyl (C=O) groups is 1. The standard InChI is InChI=1S/C17H16ClNO2/c1-2-21-14-10-8-13(9-11-14)19-16(15(18)17(19)20)12-6-4-3-5-7-12/h3-11,15-16H,2H2,1H3. The fourth-order valence-electron chi connectivity index (χ4n) is 2.58. The number of alkyl halides is 1. The molecule has 0 radical (unpaired) electrons. The van der Waals surface area contributed by atoms with Gasteiger partial charge in [0.05, 0.1) is 12.6 Å². The summed E-state index contributed by atoms with van der Waals surface area (Å²) in [6.07, 6.45) is 0. The molecule has 0 saturated carbocycles. The maximum Gasteiger partial charge on any atom is 0.248 e. The van der Waals surface area contributed by atoms with Crippen molar-refractivity contribution in [2.24, 2.45) is 0 Å². The van der Waals surface area contributed by atoms with Crippen LogP contribution in [0.5, 0.6) is 5.75 Å². The van der Waals surface area contributed by atoms with E-state index in [-0.39, 0.29) is 11.9 Å². The number of β-lactam (4-membered cyclic amide) rings is 1. The summed E-state index contributed by atoms with van der Waals surface area (Å²) in [5.74, 6) is 0.739. The van der Waals surface area contributed by atoms with Crippen LogP contribution in [0.15, 0.2) is 54.6 Å². The van der Waals surface area contributed by atoms with Crippen molar-refractivity contribution in [3.63, 3.8) is 0 Å². The molecular weight excluding hydrogens is 286 g/mol. The maximum absolute atomic E-state index is 12.1. The monoisotopic (exact) mass is 301 g/mol. The molecule has 0 N–H and O–H groups in total. The van der Waals surface area contributed by atoms with Crippen LogP contribution in [0, 0.1) is 0 Å². The van der Waals surface area contributed by atoms with E-state index in [1.807, 2.05) is 61.5 Å². The smallest absolute Gasteiger partial charge is 0.248 e. The third kappa shape index (κ3) is 2.49. The van der Waals surface area contributed by atoms with Crippen molar-refractivity contribution in [3.05, 3.63) is 60.2 Å². The van der Waals surface area contributed by atoms with Gasteiger partial charge < -0.3 is 9.64 Å². The lowest BCUT2D eigenvalue weighted by Crippen LogP contribution is -2.56. The minimum absolute atomic E-state index is 0.0605. The van der Waals surface area contributed by atoms with E-state index < -0.39 is 5.38 Å². The largest absolute Gasteiger partial charge is 0.494 e. The summed E-state index contributed by atoms with van der Waals surface area (Å²) >= 11 is 6.21. The van der Waals surface area contributed by atoms with Gasteiger partial charge in [0.2, 0.25) is 5.91 Å². The Hall–Kier alpha value is -2.00. The van der Waals surface area contributed by atoms with E-state index in [2.05, 4.69) is 0 Å². The summed E-state index contributed by atoms with van der Waals surface area (Å²) in [7, 11) is 0. The van der Waals surface area contributed by atoms with Crippen LogP contribution in [-0.2, 0) is 4.79 Å². The lowest BCUT2D eigenvalue weighted by Gasteiger charge is -2.44. The Morgan fingerprint density at radius 1 is 1.10 bits per heavy atom. The molecule has 2 atom stereocenters. The van der Waals surface area contributed by atoms with Crippen molar-refractivity contribution in [3.8, 4) is 5.75 Å². The fraction of sp³-hybridized carbons (Fsp3) is 0.235. The lowest BCUT2D eigenvalue weighted by atomic mass is 9.92. The molecular formula is C17H16ClNO2. The first-order valence-corrected chi connectivity index (χ1v) is 7.41. The maximum atomic E-state index is 12.1. The normalized spacial score (nSPS) is 21.0. The van der Waals surface area contributed by atoms with Crippen molar-refractivity contribution in [1.29, 1.82) is 0 Å². The van der Waals surface area contributed by atoms with Crippen LogP contribution >= 0.6 is 11.6 Å². The van der Waals surface area contributed by atoms with Gasteiger partial charge >= 0.3 is 0 Å². The highest BCUT2D eigenvalue weighted by Crippen LogP contribution is 2.42. The molecule has 1 amide bonds. The van der Waals surface area contributed by atoms with E-state index in [4.69, 9.17) is 16.3 Å². The van der Waals surface area contributed by atoms with Crippen LogP contribution in [0.3, 0.4) is 0 Å². The van der Waals surface area contributed by atoms with Crippen LogP contribution in [0.1, 0.15) is 18.5 Å². The Bertz CT molecular complexity index is 627. The number of benzene rings is 2. The lowest BCUT2D eigenvalue weighted by molar-refractivity contribution is -0.123. The molecule has 1 saturated heterocycles. The quantitative estimate of drug-likeness (QED) is 0.635. The van der Waals surface area contributed by atoms with Gasteiger partial charge in [-0.25, -0.2) is 0 Å².